The number of likely N-dealkylation sites (tertiary alicyclic amines) is 1. The zero-order valence-electron chi connectivity index (χ0n) is 30.1. The largest absolute Gasteiger partial charge is 0.456 e. The number of ether oxygens (including phenoxy) is 5. The van der Waals surface area contributed by atoms with Gasteiger partial charge in [-0.2, -0.15) is 0 Å². The third-order valence-corrected chi connectivity index (χ3v) is 9.72. The van der Waals surface area contributed by atoms with E-state index in [-0.39, 0.29) is 54.6 Å². The van der Waals surface area contributed by atoms with Crippen molar-refractivity contribution in [3.63, 3.8) is 0 Å². The van der Waals surface area contributed by atoms with Gasteiger partial charge in [0.15, 0.2) is 6.10 Å². The molecular formula is C37H57N3O9. The number of allylic oxidation sites excluding steroid dienone is 2. The summed E-state index contributed by atoms with van der Waals surface area (Å²) >= 11 is 0. The van der Waals surface area contributed by atoms with Gasteiger partial charge in [0.1, 0.15) is 17.8 Å². The molecule has 12 nitrogen and oxygen atoms in total. The first-order chi connectivity index (χ1) is 23.4. The maximum atomic E-state index is 12.7. The van der Waals surface area contributed by atoms with E-state index in [0.29, 0.717) is 39.1 Å². The molecule has 2 N–H and O–H groups in total. The van der Waals surface area contributed by atoms with Crippen LogP contribution in [-0.2, 0) is 38.1 Å². The summed E-state index contributed by atoms with van der Waals surface area (Å²) in [5.74, 6) is -0.516. The van der Waals surface area contributed by atoms with Gasteiger partial charge >= 0.3 is 12.1 Å². The first-order valence-electron chi connectivity index (χ1n) is 18.1. The second kappa shape index (κ2) is 18.1. The second-order valence-corrected chi connectivity index (χ2v) is 14.1. The molecule has 49 heavy (non-hydrogen) atoms. The van der Waals surface area contributed by atoms with Crippen molar-refractivity contribution in [3.05, 3.63) is 36.0 Å². The number of nitrogens with one attached hydrogen (secondary N) is 2. The van der Waals surface area contributed by atoms with Crippen LogP contribution in [0.15, 0.2) is 36.0 Å². The molecule has 9 atom stereocenters. The van der Waals surface area contributed by atoms with E-state index < -0.39 is 29.9 Å². The molecule has 0 aliphatic carbocycles. The van der Waals surface area contributed by atoms with Gasteiger partial charge in [-0.3, -0.25) is 14.4 Å². The average molecular weight is 688 g/mol. The van der Waals surface area contributed by atoms with Gasteiger partial charge in [-0.15, -0.1) is 0 Å². The van der Waals surface area contributed by atoms with Gasteiger partial charge in [-0.1, -0.05) is 37.6 Å². The van der Waals surface area contributed by atoms with E-state index in [2.05, 4.69) is 23.6 Å². The van der Waals surface area contributed by atoms with Gasteiger partial charge in [0.25, 0.3) is 0 Å². The Bertz CT molecular complexity index is 1240. The van der Waals surface area contributed by atoms with Crippen LogP contribution < -0.4 is 10.6 Å². The number of carbonyl (C=O) groups is 4. The van der Waals surface area contributed by atoms with E-state index in [0.717, 1.165) is 37.7 Å². The van der Waals surface area contributed by atoms with Gasteiger partial charge in [-0.05, 0) is 71.3 Å². The lowest BCUT2D eigenvalue weighted by molar-refractivity contribution is -0.179. The number of rotatable bonds is 13. The van der Waals surface area contributed by atoms with E-state index in [9.17, 15) is 19.2 Å². The number of carbonyl (C=O) groups excluding carboxylic acids is 4. The maximum absolute atomic E-state index is 12.7. The Labute approximate surface area is 291 Å². The molecule has 12 heteroatoms. The number of esters is 1. The number of nitrogens with zero attached hydrogens (tertiary/aromatic N) is 1. The molecule has 4 saturated heterocycles. The van der Waals surface area contributed by atoms with Crippen molar-refractivity contribution in [2.75, 3.05) is 26.2 Å². The van der Waals surface area contributed by atoms with Crippen molar-refractivity contribution in [3.8, 4) is 0 Å². The molecular weight excluding hydrogens is 630 g/mol. The van der Waals surface area contributed by atoms with Crippen LogP contribution in [0.5, 0.6) is 0 Å². The highest BCUT2D eigenvalue weighted by Gasteiger charge is 2.60. The Morgan fingerprint density at radius 2 is 1.80 bits per heavy atom. The van der Waals surface area contributed by atoms with Crippen LogP contribution in [-0.4, -0.2) is 103 Å². The molecule has 4 fully saturated rings. The summed E-state index contributed by atoms with van der Waals surface area (Å²) in [6.45, 7) is 13.7. The molecule has 4 aliphatic rings. The highest BCUT2D eigenvalue weighted by molar-refractivity contribution is 5.87. The Morgan fingerprint density at radius 1 is 1.06 bits per heavy atom. The summed E-state index contributed by atoms with van der Waals surface area (Å²) in [5, 5.41) is 5.96. The molecule has 3 amide bonds. The zero-order chi connectivity index (χ0) is 35.6. The summed E-state index contributed by atoms with van der Waals surface area (Å²) < 4.78 is 29.6. The van der Waals surface area contributed by atoms with Gasteiger partial charge in [-0.25, -0.2) is 4.79 Å². The summed E-state index contributed by atoms with van der Waals surface area (Å²) in [6.07, 6.45) is 12.6. The number of hydrogen-bond donors (Lipinski definition) is 2. The summed E-state index contributed by atoms with van der Waals surface area (Å²) in [4.78, 5) is 51.1. The Balaban J connectivity index is 1.27. The summed E-state index contributed by atoms with van der Waals surface area (Å²) in [6, 6.07) is -0.143. The SMILES string of the molecule is CCCNC(=O)C[C@@H]1C[C@@]2(CO2)[C@H](OC(C)=O)[C@@H](/C=C/C(C)=C/C[C@@H]2O[C@H](C)[C@H](NC(=O)/C=C\[C@H](C)OC(=O)N3CCCCC3)C[C@@H]2C)O1. The van der Waals surface area contributed by atoms with Crippen LogP contribution in [0.2, 0.25) is 0 Å². The topological polar surface area (TPSA) is 145 Å². The van der Waals surface area contributed by atoms with Crippen LogP contribution in [0.25, 0.3) is 0 Å². The minimum absolute atomic E-state index is 0.0230. The molecule has 0 saturated carbocycles. The smallest absolute Gasteiger partial charge is 0.410 e. The second-order valence-electron chi connectivity index (χ2n) is 14.1. The number of amides is 3. The van der Waals surface area contributed by atoms with Crippen LogP contribution in [0.1, 0.15) is 92.9 Å². The lowest BCUT2D eigenvalue weighted by Gasteiger charge is -2.39. The van der Waals surface area contributed by atoms with Gasteiger partial charge in [0.05, 0.1) is 37.4 Å². The molecule has 274 valence electrons. The van der Waals surface area contributed by atoms with E-state index in [1.165, 1.54) is 13.0 Å². The zero-order valence-corrected chi connectivity index (χ0v) is 30.1. The van der Waals surface area contributed by atoms with E-state index >= 15 is 0 Å². The minimum atomic E-state index is -0.632. The monoisotopic (exact) mass is 687 g/mol. The molecule has 0 aromatic rings. The van der Waals surface area contributed by atoms with Crippen LogP contribution in [0.4, 0.5) is 4.79 Å². The average Bonchev–Trinajstić information content (AvgIpc) is 3.83. The lowest BCUT2D eigenvalue weighted by Crippen LogP contribution is -2.52. The van der Waals surface area contributed by atoms with Gasteiger partial charge in [0.2, 0.25) is 11.8 Å². The highest BCUT2D eigenvalue weighted by Crippen LogP contribution is 2.45. The van der Waals surface area contributed by atoms with Crippen LogP contribution in [0.3, 0.4) is 0 Å². The molecule has 4 heterocycles. The van der Waals surface area contributed by atoms with Crippen molar-refractivity contribution >= 4 is 23.9 Å². The molecule has 0 aromatic heterocycles. The fraction of sp³-hybridized carbons (Fsp3) is 0.730. The predicted octanol–water partition coefficient (Wildman–Crippen LogP) is 4.52. The standard InChI is InChI=1S/C37H57N3O9/c1-7-17-38-34(43)21-29-22-37(23-45-37)35(48-28(6)41)32(49-29)15-12-24(2)11-14-31-25(3)20-30(27(5)47-31)39-33(42)16-13-26(4)46-36(44)40-18-9-8-10-19-40/h11-13,15-16,25-27,29-32,35H,7-10,14,17-23H2,1-6H3,(H,38,43)(H,39,42)/b15-12+,16-13-,24-11+/t25-,26-,27+,29+,30+,31-,32+,35+,37+/m0/s1. The highest BCUT2D eigenvalue weighted by atomic mass is 16.7. The van der Waals surface area contributed by atoms with E-state index in [1.807, 2.05) is 32.9 Å². The number of epoxide rings is 1. The minimum Gasteiger partial charge on any atom is -0.456 e. The Kier molecular flexibility index (Phi) is 14.3. The molecule has 0 radical (unpaired) electrons. The van der Waals surface area contributed by atoms with Crippen LogP contribution in [0, 0.1) is 5.92 Å². The fourth-order valence-corrected chi connectivity index (χ4v) is 6.81. The normalized spacial score (nSPS) is 32.6. The number of hydrogen-bond acceptors (Lipinski definition) is 9. The van der Waals surface area contributed by atoms with Gasteiger partial charge in [0, 0.05) is 39.1 Å². The molecule has 0 bridgehead atoms. The van der Waals surface area contributed by atoms with E-state index in [4.69, 9.17) is 23.7 Å². The third kappa shape index (κ3) is 11.7. The maximum Gasteiger partial charge on any atom is 0.410 e. The molecule has 0 aromatic carbocycles. The van der Waals surface area contributed by atoms with Crippen molar-refractivity contribution in [1.29, 1.82) is 0 Å². The number of piperidine rings is 1. The van der Waals surface area contributed by atoms with Crippen LogP contribution >= 0.6 is 0 Å². The van der Waals surface area contributed by atoms with Crippen molar-refractivity contribution in [1.82, 2.24) is 15.5 Å². The molecule has 4 aliphatic heterocycles. The predicted molar refractivity (Wildman–Crippen MR) is 184 cm³/mol. The van der Waals surface area contributed by atoms with E-state index in [1.54, 1.807) is 17.9 Å². The first kappa shape index (κ1) is 38.6. The van der Waals surface area contributed by atoms with Gasteiger partial charge < -0.3 is 39.2 Å². The lowest BCUT2D eigenvalue weighted by atomic mass is 9.87. The first-order valence-corrected chi connectivity index (χ1v) is 18.1. The van der Waals surface area contributed by atoms with Crippen molar-refractivity contribution < 1.29 is 42.9 Å². The van der Waals surface area contributed by atoms with Crippen molar-refractivity contribution in [2.24, 2.45) is 5.92 Å². The quantitative estimate of drug-likeness (QED) is 0.124. The molecule has 1 spiro atoms. The fourth-order valence-electron chi connectivity index (χ4n) is 6.81. The summed E-state index contributed by atoms with van der Waals surface area (Å²) in [7, 11) is 0. The molecule has 0 unspecified atom stereocenters. The van der Waals surface area contributed by atoms with Crippen molar-refractivity contribution in [2.45, 2.75) is 141 Å². The third-order valence-electron chi connectivity index (χ3n) is 9.72. The Morgan fingerprint density at radius 3 is 2.47 bits per heavy atom. The molecule has 4 rings (SSSR count). The Hall–Kier alpha value is -3.22. The summed E-state index contributed by atoms with van der Waals surface area (Å²) in [5.41, 5.74) is 0.367.